The first-order chi connectivity index (χ1) is 6.83. The molecule has 1 aliphatic rings. The number of aryl methyl sites for hydroxylation is 1. The second kappa shape index (κ2) is 3.86. The number of rotatable bonds is 3. The van der Waals surface area contributed by atoms with E-state index >= 15 is 0 Å². The summed E-state index contributed by atoms with van der Waals surface area (Å²) in [7, 11) is 1.59. The average Bonchev–Trinajstić information content (AvgIpc) is 2.64. The number of hydrogen-bond acceptors (Lipinski definition) is 4. The van der Waals surface area contributed by atoms with Gasteiger partial charge >= 0.3 is 0 Å². The number of hydrogen-bond donors (Lipinski definition) is 1. The highest BCUT2D eigenvalue weighted by Crippen LogP contribution is 2.37. The first-order valence-corrected chi connectivity index (χ1v) is 4.47. The Morgan fingerprint density at radius 2 is 2.29 bits per heavy atom. The van der Waals surface area contributed by atoms with Crippen LogP contribution in [0.3, 0.4) is 0 Å². The summed E-state index contributed by atoms with van der Waals surface area (Å²) in [5.74, 6) is 1.64. The van der Waals surface area contributed by atoms with E-state index in [2.05, 4.69) is 5.48 Å². The van der Waals surface area contributed by atoms with Gasteiger partial charge in [-0.05, 0) is 18.6 Å². The van der Waals surface area contributed by atoms with Crippen molar-refractivity contribution in [1.29, 1.82) is 0 Å². The molecule has 0 saturated carbocycles. The summed E-state index contributed by atoms with van der Waals surface area (Å²) in [5, 5.41) is 0. The van der Waals surface area contributed by atoms with Gasteiger partial charge in [0.15, 0.2) is 11.5 Å². The lowest BCUT2D eigenvalue weighted by Gasteiger charge is -2.09. The molecule has 4 nitrogen and oxygen atoms in total. The third-order valence-electron chi connectivity index (χ3n) is 2.27. The number of nitrogens with one attached hydrogen (secondary N) is 1. The van der Waals surface area contributed by atoms with Crippen LogP contribution in [0.15, 0.2) is 12.1 Å². The van der Waals surface area contributed by atoms with Crippen molar-refractivity contribution in [1.82, 2.24) is 5.48 Å². The van der Waals surface area contributed by atoms with Crippen molar-refractivity contribution in [3.05, 3.63) is 23.3 Å². The van der Waals surface area contributed by atoms with Crippen LogP contribution in [0.1, 0.15) is 11.1 Å². The molecule has 0 aliphatic carbocycles. The van der Waals surface area contributed by atoms with Gasteiger partial charge in [-0.25, -0.2) is 0 Å². The molecule has 0 radical (unpaired) electrons. The lowest BCUT2D eigenvalue weighted by molar-refractivity contribution is 0.0856. The van der Waals surface area contributed by atoms with Crippen molar-refractivity contribution in [3.8, 4) is 11.5 Å². The molecule has 1 aromatic rings. The molecule has 0 fully saturated rings. The van der Waals surface area contributed by atoms with Crippen molar-refractivity contribution in [2.75, 3.05) is 13.9 Å². The first kappa shape index (κ1) is 9.30. The smallest absolute Gasteiger partial charge is 0.231 e. The zero-order valence-electron chi connectivity index (χ0n) is 8.29. The average molecular weight is 195 g/mol. The summed E-state index contributed by atoms with van der Waals surface area (Å²) < 4.78 is 10.7. The Labute approximate surface area is 82.7 Å². The predicted octanol–water partition coefficient (Wildman–Crippen LogP) is 1.37. The summed E-state index contributed by atoms with van der Waals surface area (Å²) in [6.07, 6.45) is 0. The number of ether oxygens (including phenoxy) is 2. The fraction of sp³-hybridized carbons (Fsp3) is 0.400. The van der Waals surface area contributed by atoms with E-state index in [4.69, 9.17) is 14.3 Å². The van der Waals surface area contributed by atoms with Crippen molar-refractivity contribution < 1.29 is 14.3 Å². The molecule has 2 rings (SSSR count). The van der Waals surface area contributed by atoms with Crippen LogP contribution < -0.4 is 15.0 Å². The predicted molar refractivity (Wildman–Crippen MR) is 51.2 cm³/mol. The molecule has 0 aromatic heterocycles. The van der Waals surface area contributed by atoms with Crippen LogP contribution in [0.4, 0.5) is 0 Å². The topological polar surface area (TPSA) is 39.7 Å². The van der Waals surface area contributed by atoms with Crippen molar-refractivity contribution in [2.45, 2.75) is 13.5 Å². The molecule has 0 amide bonds. The zero-order chi connectivity index (χ0) is 9.97. The van der Waals surface area contributed by atoms with E-state index in [1.54, 1.807) is 7.11 Å². The van der Waals surface area contributed by atoms with Crippen LogP contribution in [0.25, 0.3) is 0 Å². The molecule has 1 heterocycles. The second-order valence-corrected chi connectivity index (χ2v) is 3.12. The van der Waals surface area contributed by atoms with Gasteiger partial charge in [-0.15, -0.1) is 0 Å². The molecular formula is C10H13NO3. The Morgan fingerprint density at radius 1 is 1.43 bits per heavy atom. The highest BCUT2D eigenvalue weighted by atomic mass is 16.7. The van der Waals surface area contributed by atoms with E-state index in [9.17, 15) is 0 Å². The highest BCUT2D eigenvalue weighted by molar-refractivity contribution is 5.51. The highest BCUT2D eigenvalue weighted by Gasteiger charge is 2.18. The summed E-state index contributed by atoms with van der Waals surface area (Å²) in [5.41, 5.74) is 5.05. The van der Waals surface area contributed by atoms with Gasteiger partial charge in [-0.2, -0.15) is 5.48 Å². The van der Waals surface area contributed by atoms with Crippen molar-refractivity contribution in [3.63, 3.8) is 0 Å². The third kappa shape index (κ3) is 1.54. The van der Waals surface area contributed by atoms with Gasteiger partial charge in [-0.1, -0.05) is 6.07 Å². The Kier molecular flexibility index (Phi) is 2.56. The van der Waals surface area contributed by atoms with E-state index in [0.717, 1.165) is 17.1 Å². The summed E-state index contributed by atoms with van der Waals surface area (Å²) in [4.78, 5) is 4.81. The summed E-state index contributed by atoms with van der Waals surface area (Å²) in [6.45, 7) is 2.96. The van der Waals surface area contributed by atoms with Gasteiger partial charge in [0.05, 0.1) is 13.7 Å². The SMILES string of the molecule is CONCc1c(C)ccc2c1OCO2. The Morgan fingerprint density at radius 3 is 3.07 bits per heavy atom. The van der Waals surface area contributed by atoms with E-state index in [-0.39, 0.29) is 0 Å². The standard InChI is InChI=1S/C10H13NO3/c1-7-3-4-9-10(14-6-13-9)8(7)5-11-12-2/h3-4,11H,5-6H2,1-2H3. The second-order valence-electron chi connectivity index (χ2n) is 3.12. The fourth-order valence-corrected chi connectivity index (χ4v) is 1.49. The normalized spacial score (nSPS) is 13.3. The van der Waals surface area contributed by atoms with Gasteiger partial charge in [0.2, 0.25) is 6.79 Å². The molecule has 0 atom stereocenters. The molecule has 1 N–H and O–H groups in total. The molecule has 4 heteroatoms. The zero-order valence-corrected chi connectivity index (χ0v) is 8.29. The molecule has 0 saturated heterocycles. The van der Waals surface area contributed by atoms with E-state index in [1.807, 2.05) is 19.1 Å². The minimum absolute atomic E-state index is 0.304. The van der Waals surface area contributed by atoms with Gasteiger partial charge < -0.3 is 14.3 Å². The van der Waals surface area contributed by atoms with Gasteiger partial charge in [0.25, 0.3) is 0 Å². The third-order valence-corrected chi connectivity index (χ3v) is 2.27. The Hall–Kier alpha value is -1.26. The van der Waals surface area contributed by atoms with Crippen LogP contribution in [0.2, 0.25) is 0 Å². The van der Waals surface area contributed by atoms with Crippen molar-refractivity contribution in [2.24, 2.45) is 0 Å². The van der Waals surface area contributed by atoms with Gasteiger partial charge in [-0.3, -0.25) is 0 Å². The molecule has 1 aliphatic heterocycles. The van der Waals surface area contributed by atoms with Crippen LogP contribution in [0.5, 0.6) is 11.5 Å². The van der Waals surface area contributed by atoms with Gasteiger partial charge in [0, 0.05) is 5.56 Å². The van der Waals surface area contributed by atoms with Crippen LogP contribution in [0, 0.1) is 6.92 Å². The fourth-order valence-electron chi connectivity index (χ4n) is 1.49. The largest absolute Gasteiger partial charge is 0.454 e. The molecule has 14 heavy (non-hydrogen) atoms. The monoisotopic (exact) mass is 195 g/mol. The lowest BCUT2D eigenvalue weighted by atomic mass is 10.1. The van der Waals surface area contributed by atoms with E-state index in [0.29, 0.717) is 13.3 Å². The van der Waals surface area contributed by atoms with Crippen LogP contribution >= 0.6 is 0 Å². The number of benzene rings is 1. The maximum absolute atomic E-state index is 5.39. The molecule has 0 unspecified atom stereocenters. The summed E-state index contributed by atoms with van der Waals surface area (Å²) >= 11 is 0. The number of fused-ring (bicyclic) bond motifs is 1. The molecule has 1 aromatic carbocycles. The molecule has 76 valence electrons. The maximum atomic E-state index is 5.39. The molecule has 0 bridgehead atoms. The van der Waals surface area contributed by atoms with Crippen molar-refractivity contribution >= 4 is 0 Å². The van der Waals surface area contributed by atoms with E-state index in [1.165, 1.54) is 5.56 Å². The maximum Gasteiger partial charge on any atom is 0.231 e. The lowest BCUT2D eigenvalue weighted by Crippen LogP contribution is -2.12. The Balaban J connectivity index is 2.31. The quantitative estimate of drug-likeness (QED) is 0.739. The molecule has 0 spiro atoms. The minimum atomic E-state index is 0.304. The Bertz CT molecular complexity index is 338. The van der Waals surface area contributed by atoms with E-state index < -0.39 is 0 Å². The summed E-state index contributed by atoms with van der Waals surface area (Å²) in [6, 6.07) is 3.94. The van der Waals surface area contributed by atoms with Crippen LogP contribution in [-0.4, -0.2) is 13.9 Å². The molecular weight excluding hydrogens is 182 g/mol. The number of hydroxylamine groups is 1. The van der Waals surface area contributed by atoms with Gasteiger partial charge in [0.1, 0.15) is 0 Å². The van der Waals surface area contributed by atoms with Crippen LogP contribution in [-0.2, 0) is 11.4 Å². The first-order valence-electron chi connectivity index (χ1n) is 4.47. The minimum Gasteiger partial charge on any atom is -0.454 e.